The van der Waals surface area contributed by atoms with Crippen LogP contribution in [0, 0.1) is 0 Å². The molecule has 0 fully saturated rings. The van der Waals surface area contributed by atoms with Crippen LogP contribution >= 0.6 is 0 Å². The Morgan fingerprint density at radius 1 is 0.667 bits per heavy atom. The zero-order valence-electron chi connectivity index (χ0n) is 3.78. The maximum Gasteiger partial charge on any atom is 3.00 e. The molecule has 32 valence electrons. The Bertz CT molecular complexity index is 9.51. The Balaban J connectivity index is -0.00000000500. The Kier molecular flexibility index (Phi) is 5980. The van der Waals surface area contributed by atoms with Gasteiger partial charge in [0.2, 0.25) is 0 Å². The molecule has 0 atom stereocenters. The van der Waals surface area contributed by atoms with Crippen molar-refractivity contribution in [2.75, 3.05) is 0 Å². The van der Waals surface area contributed by atoms with Gasteiger partial charge < -0.3 is 12.4 Å². The Morgan fingerprint density at radius 3 is 0.667 bits per heavy atom. The summed E-state index contributed by atoms with van der Waals surface area (Å²) in [6, 6.07) is 0. The van der Waals surface area contributed by atoms with Gasteiger partial charge in [0.1, 0.15) is 0 Å². The number of halogens is 1. The first kappa shape index (κ1) is 33.4. The summed E-state index contributed by atoms with van der Waals surface area (Å²) >= 11 is 0. The average Bonchev–Trinajstić information content (AvgIpc) is 1.50. The van der Waals surface area contributed by atoms with E-state index in [9.17, 15) is 0 Å². The number of hydrogen-bond acceptors (Lipinski definition) is 0. The summed E-state index contributed by atoms with van der Waals surface area (Å²) in [5.74, 6) is 0. The van der Waals surface area contributed by atoms with E-state index >= 15 is 0 Å². The normalized spacial score (nSPS) is 1.33. The second-order valence-electron chi connectivity index (χ2n) is 0. The molecule has 0 rings (SSSR count). The first-order valence-corrected chi connectivity index (χ1v) is 1.000. The summed E-state index contributed by atoms with van der Waals surface area (Å²) in [4.78, 5) is 0. The molecule has 2 heteroatoms. The van der Waals surface area contributed by atoms with Crippen LogP contribution in [0.5, 0.6) is 0 Å². The first-order chi connectivity index (χ1) is 2.00. The van der Waals surface area contributed by atoms with Crippen LogP contribution in [0.4, 0.5) is 0 Å². The molecule has 0 aromatic heterocycles. The summed E-state index contributed by atoms with van der Waals surface area (Å²) < 4.78 is 0. The van der Waals surface area contributed by atoms with Gasteiger partial charge in [0.25, 0.3) is 0 Å². The minimum absolute atomic E-state index is 0. The van der Waals surface area contributed by atoms with E-state index in [0.29, 0.717) is 0 Å². The molecule has 0 aliphatic heterocycles. The third-order valence-corrected chi connectivity index (χ3v) is 0. The van der Waals surface area contributed by atoms with E-state index in [1.54, 1.807) is 0 Å². The van der Waals surface area contributed by atoms with E-state index in [2.05, 4.69) is 26.3 Å². The maximum absolute atomic E-state index is 3.00. The van der Waals surface area contributed by atoms with Crippen molar-refractivity contribution in [3.05, 3.63) is 26.3 Å². The van der Waals surface area contributed by atoms with Gasteiger partial charge in [-0.3, -0.25) is 0 Å². The standard InChI is InChI=1S/2C2H4.Al.ClH/c2*1-2;;/h2*1-2H2;;1H/q;;+3;/p-1. The molecular weight excluding hydrogens is 110 g/mol. The summed E-state index contributed by atoms with van der Waals surface area (Å²) in [5.41, 5.74) is 0. The summed E-state index contributed by atoms with van der Waals surface area (Å²) in [6.45, 7) is 12.0. The molecule has 0 spiro atoms. The smallest absolute Gasteiger partial charge is 1.00 e. The largest absolute Gasteiger partial charge is 3.00 e. The van der Waals surface area contributed by atoms with Crippen molar-refractivity contribution in [1.82, 2.24) is 0 Å². The molecule has 0 radical (unpaired) electrons. The van der Waals surface area contributed by atoms with Crippen LogP contribution < -0.4 is 12.4 Å². The second kappa shape index (κ2) is 1070. The van der Waals surface area contributed by atoms with E-state index < -0.39 is 0 Å². The molecule has 0 saturated carbocycles. The molecule has 0 N–H and O–H groups in total. The summed E-state index contributed by atoms with van der Waals surface area (Å²) in [6.07, 6.45) is 0. The van der Waals surface area contributed by atoms with Crippen LogP contribution in [0.3, 0.4) is 0 Å². The van der Waals surface area contributed by atoms with Gasteiger partial charge in [-0.2, -0.15) is 0 Å². The predicted octanol–water partition coefficient (Wildman–Crippen LogP) is -1.77. The van der Waals surface area contributed by atoms with Crippen molar-refractivity contribution in [2.24, 2.45) is 0 Å². The molecule has 0 unspecified atom stereocenters. The van der Waals surface area contributed by atoms with E-state index in [-0.39, 0.29) is 29.8 Å². The van der Waals surface area contributed by atoms with E-state index in [1.807, 2.05) is 0 Å². The summed E-state index contributed by atoms with van der Waals surface area (Å²) in [7, 11) is 0. The zero-order valence-corrected chi connectivity index (χ0v) is 5.69. The molecule has 0 bridgehead atoms. The second-order valence-corrected chi connectivity index (χ2v) is 0. The molecule has 0 aliphatic carbocycles. The predicted molar refractivity (Wildman–Crippen MR) is 28.3 cm³/mol. The van der Waals surface area contributed by atoms with Gasteiger partial charge in [0.15, 0.2) is 0 Å². The molecule has 0 nitrogen and oxygen atoms in total. The van der Waals surface area contributed by atoms with Crippen molar-refractivity contribution in [3.63, 3.8) is 0 Å². The fourth-order valence-electron chi connectivity index (χ4n) is 0. The van der Waals surface area contributed by atoms with Crippen LogP contribution in [0.25, 0.3) is 0 Å². The molecule has 0 aliphatic rings. The minimum atomic E-state index is 0. The number of rotatable bonds is 0. The van der Waals surface area contributed by atoms with Crippen molar-refractivity contribution < 1.29 is 12.4 Å². The third-order valence-electron chi connectivity index (χ3n) is 0. The maximum atomic E-state index is 3.00. The van der Waals surface area contributed by atoms with E-state index in [1.165, 1.54) is 0 Å². The minimum Gasteiger partial charge on any atom is -1.00 e. The van der Waals surface area contributed by atoms with Crippen molar-refractivity contribution in [3.8, 4) is 0 Å². The van der Waals surface area contributed by atoms with Gasteiger partial charge in [-0.15, -0.1) is 26.3 Å². The Hall–Kier alpha value is 0.302. The van der Waals surface area contributed by atoms with E-state index in [4.69, 9.17) is 0 Å². The van der Waals surface area contributed by atoms with Gasteiger partial charge in [-0.05, 0) is 0 Å². The molecule has 0 heterocycles. The fraction of sp³-hybridized carbons (Fsp3) is 0. The molecule has 0 saturated heterocycles. The van der Waals surface area contributed by atoms with Crippen LogP contribution in [-0.2, 0) is 0 Å². The molecule has 6 heavy (non-hydrogen) atoms. The first-order valence-electron chi connectivity index (χ1n) is 1.000. The van der Waals surface area contributed by atoms with E-state index in [0.717, 1.165) is 0 Å². The topological polar surface area (TPSA) is 0 Å². The molecule has 0 aromatic rings. The number of hydrogen-bond donors (Lipinski definition) is 0. The van der Waals surface area contributed by atoms with Gasteiger partial charge in [0, 0.05) is 0 Å². The summed E-state index contributed by atoms with van der Waals surface area (Å²) in [5, 5.41) is 0. The quantitative estimate of drug-likeness (QED) is 0.261. The van der Waals surface area contributed by atoms with Crippen molar-refractivity contribution in [1.29, 1.82) is 0 Å². The fourth-order valence-corrected chi connectivity index (χ4v) is 0. The Labute approximate surface area is 56.5 Å². The van der Waals surface area contributed by atoms with Gasteiger partial charge in [-0.1, -0.05) is 0 Å². The average molecular weight is 119 g/mol. The van der Waals surface area contributed by atoms with Gasteiger partial charge >= 0.3 is 17.4 Å². The van der Waals surface area contributed by atoms with Gasteiger partial charge in [-0.25, -0.2) is 0 Å². The monoisotopic (exact) mass is 118 g/mol. The van der Waals surface area contributed by atoms with Crippen molar-refractivity contribution in [2.45, 2.75) is 0 Å². The molecular formula is C4H8AlCl+2. The third kappa shape index (κ3) is 513. The van der Waals surface area contributed by atoms with Crippen LogP contribution in [-0.4, -0.2) is 17.4 Å². The van der Waals surface area contributed by atoms with Crippen LogP contribution in [0.15, 0.2) is 26.3 Å². The SMILES string of the molecule is C=C.C=C.[Al+3].[Cl-]. The van der Waals surface area contributed by atoms with Crippen LogP contribution in [0.2, 0.25) is 0 Å². The molecule has 0 amide bonds. The van der Waals surface area contributed by atoms with Crippen LogP contribution in [0.1, 0.15) is 0 Å². The van der Waals surface area contributed by atoms with Gasteiger partial charge in [0.05, 0.1) is 0 Å². The Morgan fingerprint density at radius 2 is 0.667 bits per heavy atom. The molecule has 0 aromatic carbocycles. The van der Waals surface area contributed by atoms with Crippen molar-refractivity contribution >= 4 is 17.4 Å². The zero-order chi connectivity index (χ0) is 4.00.